The summed E-state index contributed by atoms with van der Waals surface area (Å²) < 4.78 is 5.20. The molecule has 1 aromatic rings. The average Bonchev–Trinajstić information content (AvgIpc) is 2.47. The van der Waals surface area contributed by atoms with Gasteiger partial charge in [-0.1, -0.05) is 19.4 Å². The molecule has 0 saturated carbocycles. The summed E-state index contributed by atoms with van der Waals surface area (Å²) in [7, 11) is 1.58. The van der Waals surface area contributed by atoms with Crippen LogP contribution >= 0.6 is 0 Å². The number of nitriles is 1. The number of aliphatic hydroxyl groups is 1. The number of hydrogen-bond donors (Lipinski definition) is 2. The zero-order valence-electron chi connectivity index (χ0n) is 12.4. The molecule has 0 fully saturated rings. The highest BCUT2D eigenvalue weighted by molar-refractivity contribution is 5.45. The molecule has 0 aliphatic heterocycles. The van der Waals surface area contributed by atoms with Gasteiger partial charge in [0.05, 0.1) is 12.7 Å². The molecular weight excluding hydrogens is 252 g/mol. The molecule has 0 spiro atoms. The molecular formula is C16H24N2O2. The summed E-state index contributed by atoms with van der Waals surface area (Å²) in [6, 6.07) is 7.73. The molecule has 0 radical (unpaired) electrons. The summed E-state index contributed by atoms with van der Waals surface area (Å²) in [6.07, 6.45) is 3.11. The second-order valence-electron chi connectivity index (χ2n) is 4.94. The molecule has 1 aromatic carbocycles. The second-order valence-corrected chi connectivity index (χ2v) is 4.94. The van der Waals surface area contributed by atoms with E-state index in [4.69, 9.17) is 15.1 Å². The minimum atomic E-state index is 0.247. The molecule has 0 aliphatic rings. The standard InChI is InChI=1S/C16H24N2O2/c1-3-4-13(7-8-19)11-18-12-14-5-6-15(10-17)16(9-14)20-2/h5-6,9,13,18-19H,3-4,7-8,11-12H2,1-2H3. The number of nitrogens with zero attached hydrogens (tertiary/aromatic N) is 1. The molecule has 1 atom stereocenters. The Balaban J connectivity index is 2.51. The average molecular weight is 276 g/mol. The first-order valence-electron chi connectivity index (χ1n) is 7.13. The lowest BCUT2D eigenvalue weighted by molar-refractivity contribution is 0.248. The highest BCUT2D eigenvalue weighted by Crippen LogP contribution is 2.19. The molecule has 0 aliphatic carbocycles. The molecule has 0 amide bonds. The molecule has 0 bridgehead atoms. The summed E-state index contributed by atoms with van der Waals surface area (Å²) in [5, 5.41) is 21.4. The van der Waals surface area contributed by atoms with E-state index in [9.17, 15) is 0 Å². The summed E-state index contributed by atoms with van der Waals surface area (Å²) in [5.74, 6) is 1.14. The smallest absolute Gasteiger partial charge is 0.136 e. The highest BCUT2D eigenvalue weighted by atomic mass is 16.5. The third-order valence-electron chi connectivity index (χ3n) is 3.38. The summed E-state index contributed by atoms with van der Waals surface area (Å²) in [6.45, 7) is 4.05. The Morgan fingerprint density at radius 2 is 2.20 bits per heavy atom. The van der Waals surface area contributed by atoms with Gasteiger partial charge in [-0.25, -0.2) is 0 Å². The van der Waals surface area contributed by atoms with E-state index in [0.717, 1.165) is 37.9 Å². The van der Waals surface area contributed by atoms with Gasteiger partial charge >= 0.3 is 0 Å². The molecule has 2 N–H and O–H groups in total. The van der Waals surface area contributed by atoms with Gasteiger partial charge in [0.2, 0.25) is 0 Å². The Labute approximate surface area is 121 Å². The van der Waals surface area contributed by atoms with Crippen LogP contribution in [0.5, 0.6) is 5.75 Å². The van der Waals surface area contributed by atoms with Gasteiger partial charge in [0.15, 0.2) is 0 Å². The third kappa shape index (κ3) is 5.20. The van der Waals surface area contributed by atoms with Crippen LogP contribution in [-0.4, -0.2) is 25.4 Å². The molecule has 0 heterocycles. The predicted molar refractivity (Wildman–Crippen MR) is 79.5 cm³/mol. The fraction of sp³-hybridized carbons (Fsp3) is 0.562. The molecule has 0 saturated heterocycles. The van der Waals surface area contributed by atoms with Gasteiger partial charge in [-0.15, -0.1) is 0 Å². The van der Waals surface area contributed by atoms with Gasteiger partial charge in [-0.3, -0.25) is 0 Å². The van der Waals surface area contributed by atoms with Crippen molar-refractivity contribution in [2.45, 2.75) is 32.7 Å². The largest absolute Gasteiger partial charge is 0.495 e. The minimum absolute atomic E-state index is 0.247. The van der Waals surface area contributed by atoms with Crippen molar-refractivity contribution in [2.75, 3.05) is 20.3 Å². The monoisotopic (exact) mass is 276 g/mol. The van der Waals surface area contributed by atoms with E-state index in [1.54, 1.807) is 13.2 Å². The van der Waals surface area contributed by atoms with E-state index in [2.05, 4.69) is 18.3 Å². The first kappa shape index (κ1) is 16.5. The van der Waals surface area contributed by atoms with Crippen LogP contribution in [0.2, 0.25) is 0 Å². The molecule has 1 unspecified atom stereocenters. The van der Waals surface area contributed by atoms with E-state index in [1.165, 1.54) is 0 Å². The van der Waals surface area contributed by atoms with Crippen molar-refractivity contribution in [2.24, 2.45) is 5.92 Å². The number of rotatable bonds is 9. The lowest BCUT2D eigenvalue weighted by atomic mass is 10.00. The van der Waals surface area contributed by atoms with Gasteiger partial charge in [0.1, 0.15) is 11.8 Å². The first-order chi connectivity index (χ1) is 9.74. The molecule has 4 heteroatoms. The topological polar surface area (TPSA) is 65.3 Å². The maximum atomic E-state index is 9.03. The van der Waals surface area contributed by atoms with Gasteiger partial charge in [-0.2, -0.15) is 5.26 Å². The lowest BCUT2D eigenvalue weighted by Gasteiger charge is -2.16. The van der Waals surface area contributed by atoms with Crippen LogP contribution in [0, 0.1) is 17.2 Å². The van der Waals surface area contributed by atoms with Crippen molar-refractivity contribution in [3.8, 4) is 11.8 Å². The van der Waals surface area contributed by atoms with E-state index >= 15 is 0 Å². The van der Waals surface area contributed by atoms with Gasteiger partial charge in [-0.05, 0) is 43.0 Å². The Morgan fingerprint density at radius 1 is 1.40 bits per heavy atom. The number of hydrogen-bond acceptors (Lipinski definition) is 4. The quantitative estimate of drug-likeness (QED) is 0.727. The minimum Gasteiger partial charge on any atom is -0.495 e. The number of aliphatic hydroxyl groups excluding tert-OH is 1. The summed E-state index contributed by atoms with van der Waals surface area (Å²) >= 11 is 0. The molecule has 110 valence electrons. The first-order valence-corrected chi connectivity index (χ1v) is 7.13. The summed E-state index contributed by atoms with van der Waals surface area (Å²) in [4.78, 5) is 0. The van der Waals surface area contributed by atoms with Crippen LogP contribution in [0.4, 0.5) is 0 Å². The van der Waals surface area contributed by atoms with Crippen molar-refractivity contribution in [1.82, 2.24) is 5.32 Å². The van der Waals surface area contributed by atoms with Crippen molar-refractivity contribution in [3.63, 3.8) is 0 Å². The number of nitrogens with one attached hydrogen (secondary N) is 1. The fourth-order valence-corrected chi connectivity index (χ4v) is 2.30. The van der Waals surface area contributed by atoms with Gasteiger partial charge in [0, 0.05) is 13.2 Å². The van der Waals surface area contributed by atoms with Gasteiger partial charge < -0.3 is 15.2 Å². The van der Waals surface area contributed by atoms with Crippen LogP contribution in [0.3, 0.4) is 0 Å². The molecule has 20 heavy (non-hydrogen) atoms. The van der Waals surface area contributed by atoms with Crippen LogP contribution in [0.15, 0.2) is 18.2 Å². The Morgan fingerprint density at radius 3 is 2.80 bits per heavy atom. The van der Waals surface area contributed by atoms with Crippen molar-refractivity contribution in [1.29, 1.82) is 5.26 Å². The lowest BCUT2D eigenvalue weighted by Crippen LogP contribution is -2.23. The maximum absolute atomic E-state index is 9.03. The Kier molecular flexibility index (Phi) is 7.71. The van der Waals surface area contributed by atoms with Gasteiger partial charge in [0.25, 0.3) is 0 Å². The maximum Gasteiger partial charge on any atom is 0.136 e. The van der Waals surface area contributed by atoms with Crippen molar-refractivity contribution < 1.29 is 9.84 Å². The zero-order valence-corrected chi connectivity index (χ0v) is 12.4. The third-order valence-corrected chi connectivity index (χ3v) is 3.38. The SMILES string of the molecule is CCCC(CCO)CNCc1ccc(C#N)c(OC)c1. The van der Waals surface area contributed by atoms with Crippen LogP contribution < -0.4 is 10.1 Å². The number of ether oxygens (including phenoxy) is 1. The Bertz CT molecular complexity index is 435. The summed E-state index contributed by atoms with van der Waals surface area (Å²) in [5.41, 5.74) is 1.65. The van der Waals surface area contributed by atoms with Crippen LogP contribution in [0.25, 0.3) is 0 Å². The van der Waals surface area contributed by atoms with Crippen molar-refractivity contribution >= 4 is 0 Å². The Hall–Kier alpha value is -1.57. The number of benzene rings is 1. The second kappa shape index (κ2) is 9.35. The van der Waals surface area contributed by atoms with E-state index in [0.29, 0.717) is 17.2 Å². The van der Waals surface area contributed by atoms with E-state index < -0.39 is 0 Å². The molecule has 1 rings (SSSR count). The highest BCUT2D eigenvalue weighted by Gasteiger charge is 2.07. The molecule has 0 aromatic heterocycles. The molecule has 4 nitrogen and oxygen atoms in total. The van der Waals surface area contributed by atoms with E-state index in [1.807, 2.05) is 12.1 Å². The number of methoxy groups -OCH3 is 1. The normalized spacial score (nSPS) is 11.9. The van der Waals surface area contributed by atoms with Crippen molar-refractivity contribution in [3.05, 3.63) is 29.3 Å². The predicted octanol–water partition coefficient (Wildman–Crippen LogP) is 2.46. The van der Waals surface area contributed by atoms with E-state index in [-0.39, 0.29) is 6.61 Å². The fourth-order valence-electron chi connectivity index (χ4n) is 2.30. The zero-order chi connectivity index (χ0) is 14.8. The van der Waals surface area contributed by atoms with Crippen LogP contribution in [0.1, 0.15) is 37.3 Å². The van der Waals surface area contributed by atoms with Crippen LogP contribution in [-0.2, 0) is 6.54 Å².